The van der Waals surface area contributed by atoms with Crippen molar-refractivity contribution in [1.82, 2.24) is 0 Å². The molecule has 4 bridgehead atoms. The lowest BCUT2D eigenvalue weighted by Gasteiger charge is -2.61. The van der Waals surface area contributed by atoms with Crippen molar-refractivity contribution in [2.45, 2.75) is 85.7 Å². The second-order valence-electron chi connectivity index (χ2n) is 11.6. The molecule has 0 aliphatic heterocycles. The van der Waals surface area contributed by atoms with Gasteiger partial charge in [-0.2, -0.15) is 8.42 Å². The first-order chi connectivity index (χ1) is 15.6. The number of hydrogen-bond donors (Lipinski definition) is 0. The maximum atomic E-state index is 13.4. The quantitative estimate of drug-likeness (QED) is 0.173. The Morgan fingerprint density at radius 3 is 1.91 bits per heavy atom. The summed E-state index contributed by atoms with van der Waals surface area (Å²) in [6, 6.07) is 0. The molecule has 0 aromatic rings. The molecule has 1 unspecified atom stereocenters. The molecule has 1 atom stereocenters. The third kappa shape index (κ3) is 5.11. The first-order valence-corrected chi connectivity index (χ1v) is 13.7. The van der Waals surface area contributed by atoms with Crippen molar-refractivity contribution in [2.24, 2.45) is 28.6 Å². The van der Waals surface area contributed by atoms with Gasteiger partial charge in [-0.25, -0.2) is 0 Å². The summed E-state index contributed by atoms with van der Waals surface area (Å²) in [6.07, 6.45) is 11.3. The Bertz CT molecular complexity index is 980. The molecule has 0 saturated heterocycles. The molecule has 4 fully saturated rings. The van der Waals surface area contributed by atoms with Crippen LogP contribution in [0.1, 0.15) is 80.1 Å². The van der Waals surface area contributed by atoms with E-state index in [-0.39, 0.29) is 10.3 Å². The molecule has 0 heterocycles. The molecule has 4 saturated carbocycles. The highest BCUT2D eigenvalue weighted by Gasteiger charge is 2.59. The van der Waals surface area contributed by atoms with E-state index in [4.69, 9.17) is 8.92 Å². The molecule has 0 aromatic carbocycles. The number of carbonyl (C=O) groups is 2. The van der Waals surface area contributed by atoms with Crippen molar-refractivity contribution >= 4 is 21.9 Å². The van der Waals surface area contributed by atoms with Gasteiger partial charge in [0.05, 0.1) is 11.5 Å². The summed E-state index contributed by atoms with van der Waals surface area (Å²) < 4.78 is 36.8. The van der Waals surface area contributed by atoms with E-state index in [0.29, 0.717) is 23.3 Å². The Morgan fingerprint density at radius 1 is 1.00 bits per heavy atom. The van der Waals surface area contributed by atoms with Crippen LogP contribution in [-0.4, -0.2) is 32.4 Å². The lowest BCUT2D eigenvalue weighted by molar-refractivity contribution is -0.207. The molecule has 190 valence electrons. The van der Waals surface area contributed by atoms with Crippen LogP contribution in [0.5, 0.6) is 0 Å². The van der Waals surface area contributed by atoms with Crippen molar-refractivity contribution in [1.29, 1.82) is 0 Å². The standard InChI is InChI=1S/C27H40O6S/c1-8-23(10-9-18(2)3)34(30,31)32-17-26(7,19(4)28)24(29)33-25(5,6)27-14-20-11-21(15-27)13-22(12-20)16-27/h8-10,20-22H,2,11-17H2,1,3-7H3. The maximum absolute atomic E-state index is 13.4. The number of Topliss-reactive ketones (excluding diaryl/α,β-unsaturated/α-hetero) is 1. The normalized spacial score (nSPS) is 30.9. The minimum absolute atomic E-state index is 0.0660. The van der Waals surface area contributed by atoms with Crippen LogP contribution in [0, 0.1) is 28.6 Å². The van der Waals surface area contributed by atoms with Crippen LogP contribution < -0.4 is 0 Å². The van der Waals surface area contributed by atoms with Gasteiger partial charge < -0.3 is 4.74 Å². The highest BCUT2D eigenvalue weighted by molar-refractivity contribution is 7.90. The maximum Gasteiger partial charge on any atom is 0.322 e. The topological polar surface area (TPSA) is 86.7 Å². The van der Waals surface area contributed by atoms with Gasteiger partial charge in [0.25, 0.3) is 10.1 Å². The van der Waals surface area contributed by atoms with Gasteiger partial charge in [0.15, 0.2) is 0 Å². The Labute approximate surface area is 205 Å². The van der Waals surface area contributed by atoms with Gasteiger partial charge in [0.1, 0.15) is 16.8 Å². The molecule has 0 amide bonds. The van der Waals surface area contributed by atoms with Crippen molar-refractivity contribution in [3.63, 3.8) is 0 Å². The van der Waals surface area contributed by atoms with E-state index < -0.39 is 39.5 Å². The summed E-state index contributed by atoms with van der Waals surface area (Å²) >= 11 is 0. The predicted molar refractivity (Wildman–Crippen MR) is 132 cm³/mol. The second kappa shape index (κ2) is 9.38. The zero-order valence-corrected chi connectivity index (χ0v) is 22.3. The third-order valence-electron chi connectivity index (χ3n) is 8.50. The molecule has 0 radical (unpaired) electrons. The van der Waals surface area contributed by atoms with Gasteiger partial charge in [-0.05, 0) is 104 Å². The Morgan fingerprint density at radius 2 is 1.50 bits per heavy atom. The highest BCUT2D eigenvalue weighted by Crippen LogP contribution is 2.64. The number of carbonyl (C=O) groups excluding carboxylic acids is 2. The van der Waals surface area contributed by atoms with E-state index in [2.05, 4.69) is 6.58 Å². The van der Waals surface area contributed by atoms with Crippen LogP contribution in [0.3, 0.4) is 0 Å². The summed E-state index contributed by atoms with van der Waals surface area (Å²) in [5, 5.41) is 0. The molecule has 0 spiro atoms. The van der Waals surface area contributed by atoms with Crippen LogP contribution in [0.4, 0.5) is 0 Å². The van der Waals surface area contributed by atoms with Gasteiger partial charge in [-0.1, -0.05) is 24.3 Å². The minimum Gasteiger partial charge on any atom is -0.458 e. The molecule has 0 N–H and O–H groups in total. The van der Waals surface area contributed by atoms with Gasteiger partial charge >= 0.3 is 5.97 Å². The fourth-order valence-corrected chi connectivity index (χ4v) is 7.47. The zero-order valence-electron chi connectivity index (χ0n) is 21.5. The van der Waals surface area contributed by atoms with Gasteiger partial charge in [-0.3, -0.25) is 13.8 Å². The molecular weight excluding hydrogens is 452 g/mol. The lowest BCUT2D eigenvalue weighted by Crippen LogP contribution is -2.58. The van der Waals surface area contributed by atoms with E-state index in [0.717, 1.165) is 19.3 Å². The first kappa shape index (κ1) is 26.9. The fourth-order valence-electron chi connectivity index (χ4n) is 6.42. The number of allylic oxidation sites excluding steroid dienone is 4. The second-order valence-corrected chi connectivity index (χ2v) is 13.2. The van der Waals surface area contributed by atoms with Crippen molar-refractivity contribution < 1.29 is 26.9 Å². The number of rotatable bonds is 10. The van der Waals surface area contributed by atoms with Crippen molar-refractivity contribution in [3.8, 4) is 0 Å². The van der Waals surface area contributed by atoms with E-state index >= 15 is 0 Å². The molecule has 4 aliphatic rings. The van der Waals surface area contributed by atoms with Crippen molar-refractivity contribution in [3.05, 3.63) is 35.3 Å². The molecular formula is C27H40O6S. The summed E-state index contributed by atoms with van der Waals surface area (Å²) in [7, 11) is -4.18. The van der Waals surface area contributed by atoms with Crippen LogP contribution >= 0.6 is 0 Å². The Hall–Kier alpha value is -1.73. The van der Waals surface area contributed by atoms with Crippen LogP contribution in [0.15, 0.2) is 35.3 Å². The number of esters is 1. The van der Waals surface area contributed by atoms with E-state index in [9.17, 15) is 18.0 Å². The summed E-state index contributed by atoms with van der Waals surface area (Å²) in [4.78, 5) is 26.0. The molecule has 6 nitrogen and oxygen atoms in total. The van der Waals surface area contributed by atoms with Gasteiger partial charge in [0, 0.05) is 5.41 Å². The van der Waals surface area contributed by atoms with E-state index in [1.165, 1.54) is 45.3 Å². The van der Waals surface area contributed by atoms with Gasteiger partial charge in [0.2, 0.25) is 0 Å². The third-order valence-corrected chi connectivity index (χ3v) is 9.88. The molecule has 7 heteroatoms. The van der Waals surface area contributed by atoms with Crippen LogP contribution in [0.25, 0.3) is 0 Å². The lowest BCUT2D eigenvalue weighted by atomic mass is 9.46. The number of hydrogen-bond acceptors (Lipinski definition) is 6. The first-order valence-electron chi connectivity index (χ1n) is 12.3. The van der Waals surface area contributed by atoms with Crippen LogP contribution in [-0.2, 0) is 28.6 Å². The van der Waals surface area contributed by atoms with Gasteiger partial charge in [-0.15, -0.1) is 0 Å². The van der Waals surface area contributed by atoms with Crippen LogP contribution in [0.2, 0.25) is 0 Å². The fraction of sp³-hybridized carbons (Fsp3) is 0.704. The molecule has 4 rings (SSSR count). The molecule has 34 heavy (non-hydrogen) atoms. The molecule has 4 aliphatic carbocycles. The van der Waals surface area contributed by atoms with E-state index in [1.807, 2.05) is 13.8 Å². The predicted octanol–water partition coefficient (Wildman–Crippen LogP) is 5.50. The smallest absolute Gasteiger partial charge is 0.322 e. The monoisotopic (exact) mass is 492 g/mol. The Kier molecular flexibility index (Phi) is 7.41. The van der Waals surface area contributed by atoms with E-state index in [1.54, 1.807) is 19.9 Å². The Balaban J connectivity index is 1.77. The number of ketones is 1. The largest absolute Gasteiger partial charge is 0.458 e. The summed E-state index contributed by atoms with van der Waals surface area (Å²) in [5.41, 5.74) is -1.90. The van der Waals surface area contributed by atoms with Crippen molar-refractivity contribution in [2.75, 3.05) is 6.61 Å². The highest BCUT2D eigenvalue weighted by atomic mass is 32.2. The average Bonchev–Trinajstić information content (AvgIpc) is 2.70. The average molecular weight is 493 g/mol. The zero-order chi connectivity index (χ0) is 25.5. The number of ether oxygens (including phenoxy) is 1. The summed E-state index contributed by atoms with van der Waals surface area (Å²) in [6.45, 7) is 13.0. The SMILES string of the molecule is C=C(C)C=CC(=CC)S(=O)(=O)OCC(C)(C(C)=O)C(=O)OC(C)(C)C12CC3CC(CC(C3)C1)C2. The summed E-state index contributed by atoms with van der Waals surface area (Å²) in [5.74, 6) is 0.833. The molecule has 0 aromatic heterocycles. The minimum atomic E-state index is -4.18.